The molecule has 3 nitrogen and oxygen atoms in total. The van der Waals surface area contributed by atoms with Gasteiger partial charge in [0.05, 0.1) is 10.9 Å². The van der Waals surface area contributed by atoms with Crippen molar-refractivity contribution in [3.63, 3.8) is 0 Å². The first-order valence-corrected chi connectivity index (χ1v) is 7.10. The van der Waals surface area contributed by atoms with Crippen molar-refractivity contribution in [1.29, 1.82) is 0 Å². The molecule has 1 aromatic carbocycles. The zero-order chi connectivity index (χ0) is 13.3. The van der Waals surface area contributed by atoms with Gasteiger partial charge in [0.2, 0.25) is 5.91 Å². The normalized spacial score (nSPS) is 19.3. The van der Waals surface area contributed by atoms with Crippen LogP contribution in [0, 0.1) is 5.41 Å². The van der Waals surface area contributed by atoms with E-state index in [9.17, 15) is 4.79 Å². The van der Waals surface area contributed by atoms with E-state index in [1.165, 1.54) is 5.56 Å². The molecule has 0 saturated carbocycles. The van der Waals surface area contributed by atoms with E-state index in [-0.39, 0.29) is 16.6 Å². The lowest BCUT2D eigenvalue weighted by atomic mass is 9.86. The van der Waals surface area contributed by atoms with E-state index in [2.05, 4.69) is 31.3 Å². The van der Waals surface area contributed by atoms with Gasteiger partial charge < -0.3 is 11.1 Å². The van der Waals surface area contributed by atoms with E-state index in [0.29, 0.717) is 6.54 Å². The number of amides is 1. The van der Waals surface area contributed by atoms with E-state index in [1.54, 1.807) is 11.8 Å². The Balaban J connectivity index is 2.23. The standard InChI is InChI=1S/C14H20N2OS/c1-9-13(17)16-11-5-4-10(6-12(11)18-9)7-14(2,3)8-15/h4-6,9H,7-8,15H2,1-3H3,(H,16,17). The molecule has 1 aliphatic rings. The van der Waals surface area contributed by atoms with E-state index in [0.717, 1.165) is 17.0 Å². The van der Waals surface area contributed by atoms with Gasteiger partial charge in [0, 0.05) is 4.90 Å². The third-order valence-corrected chi connectivity index (χ3v) is 4.37. The van der Waals surface area contributed by atoms with Gasteiger partial charge in [0.1, 0.15) is 0 Å². The summed E-state index contributed by atoms with van der Waals surface area (Å²) < 4.78 is 0. The number of benzene rings is 1. The molecule has 0 fully saturated rings. The van der Waals surface area contributed by atoms with Crippen LogP contribution in [-0.4, -0.2) is 17.7 Å². The van der Waals surface area contributed by atoms with E-state index in [1.807, 2.05) is 13.0 Å². The molecule has 3 N–H and O–H groups in total. The molecule has 2 rings (SSSR count). The minimum Gasteiger partial charge on any atom is -0.330 e. The highest BCUT2D eigenvalue weighted by Crippen LogP contribution is 2.36. The van der Waals surface area contributed by atoms with Crippen molar-refractivity contribution in [1.82, 2.24) is 0 Å². The van der Waals surface area contributed by atoms with Crippen molar-refractivity contribution in [3.8, 4) is 0 Å². The molecule has 0 spiro atoms. The van der Waals surface area contributed by atoms with Crippen LogP contribution in [-0.2, 0) is 11.2 Å². The van der Waals surface area contributed by atoms with Crippen molar-refractivity contribution < 1.29 is 4.79 Å². The molecule has 0 bridgehead atoms. The Kier molecular flexibility index (Phi) is 3.69. The summed E-state index contributed by atoms with van der Waals surface area (Å²) in [5.74, 6) is 0.0857. The largest absolute Gasteiger partial charge is 0.330 e. The van der Waals surface area contributed by atoms with Crippen LogP contribution in [0.3, 0.4) is 0 Å². The van der Waals surface area contributed by atoms with Gasteiger partial charge in [-0.25, -0.2) is 0 Å². The summed E-state index contributed by atoms with van der Waals surface area (Å²) in [6, 6.07) is 6.24. The molecule has 1 atom stereocenters. The Bertz CT molecular complexity index is 471. The molecule has 1 aliphatic heterocycles. The Hall–Kier alpha value is -1.00. The molecule has 18 heavy (non-hydrogen) atoms. The monoisotopic (exact) mass is 264 g/mol. The van der Waals surface area contributed by atoms with Crippen LogP contribution in [0.5, 0.6) is 0 Å². The Morgan fingerprint density at radius 3 is 2.83 bits per heavy atom. The zero-order valence-electron chi connectivity index (χ0n) is 11.1. The second-order valence-electron chi connectivity index (χ2n) is 5.62. The summed E-state index contributed by atoms with van der Waals surface area (Å²) >= 11 is 1.62. The minimum absolute atomic E-state index is 0.0183. The quantitative estimate of drug-likeness (QED) is 0.882. The van der Waals surface area contributed by atoms with Gasteiger partial charge in [-0.3, -0.25) is 4.79 Å². The van der Waals surface area contributed by atoms with Crippen LogP contribution in [0.4, 0.5) is 5.69 Å². The highest BCUT2D eigenvalue weighted by molar-refractivity contribution is 8.00. The maximum Gasteiger partial charge on any atom is 0.237 e. The molecular formula is C14H20N2OS. The second-order valence-corrected chi connectivity index (χ2v) is 7.01. The molecule has 0 saturated heterocycles. The Labute approximate surface area is 113 Å². The lowest BCUT2D eigenvalue weighted by molar-refractivity contribution is -0.115. The fraction of sp³-hybridized carbons (Fsp3) is 0.500. The van der Waals surface area contributed by atoms with E-state index >= 15 is 0 Å². The molecule has 0 aliphatic carbocycles. The first-order chi connectivity index (χ1) is 8.41. The third-order valence-electron chi connectivity index (χ3n) is 3.21. The predicted octanol–water partition coefficient (Wildman–Crippen LogP) is 2.65. The number of nitrogens with one attached hydrogen (secondary N) is 1. The number of rotatable bonds is 3. The molecule has 1 amide bonds. The Morgan fingerprint density at radius 2 is 2.17 bits per heavy atom. The molecule has 98 valence electrons. The summed E-state index contributed by atoms with van der Waals surface area (Å²) in [6.07, 6.45) is 0.958. The van der Waals surface area contributed by atoms with E-state index < -0.39 is 0 Å². The molecule has 4 heteroatoms. The summed E-state index contributed by atoms with van der Waals surface area (Å²) in [5, 5.41) is 2.91. The van der Waals surface area contributed by atoms with Crippen LogP contribution in [0.2, 0.25) is 0 Å². The van der Waals surface area contributed by atoms with Gasteiger partial charge in [0.25, 0.3) is 0 Å². The summed E-state index contributed by atoms with van der Waals surface area (Å²) in [5.41, 5.74) is 8.09. The van der Waals surface area contributed by atoms with Gasteiger partial charge in [0.15, 0.2) is 0 Å². The summed E-state index contributed by atoms with van der Waals surface area (Å²) in [6.45, 7) is 6.94. The minimum atomic E-state index is -0.0183. The number of hydrogen-bond donors (Lipinski definition) is 2. The van der Waals surface area contributed by atoms with Crippen molar-refractivity contribution >= 4 is 23.4 Å². The SMILES string of the molecule is CC1Sc2cc(CC(C)(C)CN)ccc2NC1=O. The molecule has 1 heterocycles. The maximum absolute atomic E-state index is 11.6. The average Bonchev–Trinajstić information content (AvgIpc) is 2.31. The summed E-state index contributed by atoms with van der Waals surface area (Å²) in [4.78, 5) is 12.7. The first-order valence-electron chi connectivity index (χ1n) is 6.22. The zero-order valence-corrected chi connectivity index (χ0v) is 11.9. The number of nitrogens with two attached hydrogens (primary N) is 1. The molecular weight excluding hydrogens is 244 g/mol. The van der Waals surface area contributed by atoms with Gasteiger partial charge in [-0.1, -0.05) is 19.9 Å². The van der Waals surface area contributed by atoms with E-state index in [4.69, 9.17) is 5.73 Å². The van der Waals surface area contributed by atoms with Crippen LogP contribution in [0.25, 0.3) is 0 Å². The number of fused-ring (bicyclic) bond motifs is 1. The maximum atomic E-state index is 11.6. The predicted molar refractivity (Wildman–Crippen MR) is 76.9 cm³/mol. The number of carbonyl (C=O) groups is 1. The first kappa shape index (κ1) is 13.4. The van der Waals surface area contributed by atoms with Crippen molar-refractivity contribution in [3.05, 3.63) is 23.8 Å². The van der Waals surface area contributed by atoms with Crippen molar-refractivity contribution in [2.75, 3.05) is 11.9 Å². The summed E-state index contributed by atoms with van der Waals surface area (Å²) in [7, 11) is 0. The average molecular weight is 264 g/mol. The fourth-order valence-electron chi connectivity index (χ4n) is 1.98. The van der Waals surface area contributed by atoms with Crippen LogP contribution in [0.15, 0.2) is 23.1 Å². The molecule has 0 aromatic heterocycles. The number of carbonyl (C=O) groups excluding carboxylic acids is 1. The second kappa shape index (κ2) is 4.94. The molecule has 0 radical (unpaired) electrons. The van der Waals surface area contributed by atoms with Crippen LogP contribution in [0.1, 0.15) is 26.3 Å². The highest BCUT2D eigenvalue weighted by Gasteiger charge is 2.24. The lowest BCUT2D eigenvalue weighted by Gasteiger charge is -2.25. The number of anilines is 1. The topological polar surface area (TPSA) is 55.1 Å². The fourth-order valence-corrected chi connectivity index (χ4v) is 2.99. The molecule has 1 unspecified atom stereocenters. The number of thioether (sulfide) groups is 1. The van der Waals surface area contributed by atoms with Gasteiger partial charge in [-0.05, 0) is 43.0 Å². The molecule has 1 aromatic rings. The van der Waals surface area contributed by atoms with Crippen molar-refractivity contribution in [2.45, 2.75) is 37.3 Å². The lowest BCUT2D eigenvalue weighted by Crippen LogP contribution is -2.27. The Morgan fingerprint density at radius 1 is 1.44 bits per heavy atom. The van der Waals surface area contributed by atoms with Gasteiger partial charge in [-0.15, -0.1) is 11.8 Å². The smallest absolute Gasteiger partial charge is 0.237 e. The number of hydrogen-bond acceptors (Lipinski definition) is 3. The third kappa shape index (κ3) is 2.87. The van der Waals surface area contributed by atoms with Gasteiger partial charge >= 0.3 is 0 Å². The van der Waals surface area contributed by atoms with Crippen LogP contribution >= 0.6 is 11.8 Å². The van der Waals surface area contributed by atoms with Crippen molar-refractivity contribution in [2.24, 2.45) is 11.1 Å². The van der Waals surface area contributed by atoms with Crippen LogP contribution < -0.4 is 11.1 Å². The van der Waals surface area contributed by atoms with Gasteiger partial charge in [-0.2, -0.15) is 0 Å². The highest BCUT2D eigenvalue weighted by atomic mass is 32.2.